The average Bonchev–Trinajstić information content (AvgIpc) is 3.27. The van der Waals surface area contributed by atoms with Gasteiger partial charge in [-0.2, -0.15) is 0 Å². The second-order valence-corrected chi connectivity index (χ2v) is 11.4. The fraction of sp³-hybridized carbons (Fsp3) is 0.500. The monoisotopic (exact) mass is 514 g/mol. The molecule has 0 bridgehead atoms. The number of aryl methyl sites for hydroxylation is 2. The number of hydrogen-bond donors (Lipinski definition) is 1. The predicted molar refractivity (Wildman–Crippen MR) is 144 cm³/mol. The summed E-state index contributed by atoms with van der Waals surface area (Å²) in [6.07, 6.45) is 9.68. The van der Waals surface area contributed by atoms with Crippen LogP contribution in [0.15, 0.2) is 42.6 Å². The number of methoxy groups -OCH3 is 1. The van der Waals surface area contributed by atoms with E-state index in [4.69, 9.17) is 16.3 Å². The number of halogens is 1. The van der Waals surface area contributed by atoms with Crippen LogP contribution in [-0.4, -0.2) is 47.7 Å². The maximum atomic E-state index is 11.6. The Labute approximate surface area is 217 Å². The van der Waals surface area contributed by atoms with E-state index in [1.807, 2.05) is 24.4 Å². The van der Waals surface area contributed by atoms with Crippen molar-refractivity contribution in [1.29, 1.82) is 0 Å². The number of hydrogen-bond acceptors (Lipinski definition) is 5. The van der Waals surface area contributed by atoms with Crippen LogP contribution >= 0.6 is 22.9 Å². The van der Waals surface area contributed by atoms with Gasteiger partial charge in [-0.3, -0.25) is 9.78 Å². The van der Waals surface area contributed by atoms with Crippen molar-refractivity contribution >= 4 is 39.8 Å². The molecule has 0 saturated carbocycles. The molecule has 5 nitrogen and oxygen atoms in total. The molecule has 1 fully saturated rings. The lowest BCUT2D eigenvalue weighted by atomic mass is 9.79. The third-order valence-corrected chi connectivity index (χ3v) is 8.54. The van der Waals surface area contributed by atoms with Gasteiger partial charge in [0.15, 0.2) is 0 Å². The molecule has 4 rings (SSSR count). The second-order valence-electron chi connectivity index (χ2n) is 9.62. The van der Waals surface area contributed by atoms with Crippen molar-refractivity contribution in [3.05, 3.63) is 57.4 Å². The largest absolute Gasteiger partial charge is 0.497 e. The molecule has 1 N–H and O–H groups in total. The lowest BCUT2D eigenvalue weighted by Gasteiger charge is -2.38. The quantitative estimate of drug-likeness (QED) is 0.272. The number of pyridine rings is 1. The summed E-state index contributed by atoms with van der Waals surface area (Å²) in [5, 5.41) is 10.7. The number of aromatic nitrogens is 1. The van der Waals surface area contributed by atoms with Gasteiger partial charge < -0.3 is 14.7 Å². The fourth-order valence-electron chi connectivity index (χ4n) is 5.40. The summed E-state index contributed by atoms with van der Waals surface area (Å²) in [5.41, 5.74) is 2.27. The topological polar surface area (TPSA) is 62.7 Å². The Hall–Kier alpha value is -2.15. The number of carboxylic acids is 1. The molecule has 1 aliphatic heterocycles. The normalized spacial score (nSPS) is 18.7. The van der Waals surface area contributed by atoms with Crippen molar-refractivity contribution in [2.45, 2.75) is 51.4 Å². The number of nitrogens with zero attached hydrogens (tertiary/aromatic N) is 2. The number of carboxylic acid groups (broad SMARTS) is 1. The van der Waals surface area contributed by atoms with Crippen LogP contribution in [0.5, 0.6) is 5.75 Å². The van der Waals surface area contributed by atoms with Gasteiger partial charge in [0.1, 0.15) is 5.75 Å². The molecule has 0 radical (unpaired) electrons. The molecule has 1 aromatic carbocycles. The average molecular weight is 515 g/mol. The van der Waals surface area contributed by atoms with Crippen molar-refractivity contribution in [2.24, 2.45) is 11.8 Å². The zero-order chi connectivity index (χ0) is 24.6. The van der Waals surface area contributed by atoms with E-state index in [-0.39, 0.29) is 12.3 Å². The first-order chi connectivity index (χ1) is 17.0. The summed E-state index contributed by atoms with van der Waals surface area (Å²) < 4.78 is 6.26. The SMILES string of the molecule is COc1ccc2nccc(CCC[C@@H]3CCN(CCCCc4ccc(Cl)s4)C[C@@H]3CC(=O)O)c2c1. The Morgan fingerprint density at radius 3 is 2.83 bits per heavy atom. The molecule has 7 heteroatoms. The van der Waals surface area contributed by atoms with Gasteiger partial charge in [-0.25, -0.2) is 0 Å². The maximum absolute atomic E-state index is 11.6. The Morgan fingerprint density at radius 2 is 2.06 bits per heavy atom. The number of carbonyl (C=O) groups is 1. The zero-order valence-corrected chi connectivity index (χ0v) is 22.0. The minimum Gasteiger partial charge on any atom is -0.497 e. The van der Waals surface area contributed by atoms with E-state index in [9.17, 15) is 9.90 Å². The molecule has 3 heterocycles. The molecule has 3 aromatic rings. The first kappa shape index (κ1) is 25.9. The highest BCUT2D eigenvalue weighted by molar-refractivity contribution is 7.16. The predicted octanol–water partition coefficient (Wildman–Crippen LogP) is 6.72. The molecule has 1 saturated heterocycles. The highest BCUT2D eigenvalue weighted by atomic mass is 35.5. The van der Waals surface area contributed by atoms with Gasteiger partial charge in [-0.15, -0.1) is 11.3 Å². The number of rotatable bonds is 12. The number of ether oxygens (including phenoxy) is 1. The number of piperidine rings is 1. The van der Waals surface area contributed by atoms with Gasteiger partial charge in [-0.05, 0) is 112 Å². The Bertz CT molecular complexity index is 1120. The standard InChI is InChI=1S/C28H35ClN2O3S/c1-34-23-8-10-26-25(18-23)21(12-14-30-26)6-4-5-20-13-16-31(19-22(20)17-28(32)33)15-3-2-7-24-9-11-27(29)35-24/h8-12,14,18,20,22H,2-7,13,15-17,19H2,1H3,(H,32,33)/t20-,22+/m1/s1. The first-order valence-electron chi connectivity index (χ1n) is 12.6. The van der Waals surface area contributed by atoms with Gasteiger partial charge in [0.25, 0.3) is 0 Å². The molecule has 1 aliphatic rings. The Balaban J connectivity index is 1.27. The molecule has 2 atom stereocenters. The number of benzene rings is 1. The minimum atomic E-state index is -0.677. The van der Waals surface area contributed by atoms with E-state index in [1.165, 1.54) is 10.4 Å². The molecule has 0 aliphatic carbocycles. The van der Waals surface area contributed by atoms with Crippen LogP contribution in [0, 0.1) is 11.8 Å². The van der Waals surface area contributed by atoms with E-state index in [0.29, 0.717) is 5.92 Å². The van der Waals surface area contributed by atoms with Crippen LogP contribution < -0.4 is 4.74 Å². The maximum Gasteiger partial charge on any atom is 0.303 e. The molecule has 0 amide bonds. The zero-order valence-electron chi connectivity index (χ0n) is 20.4. The summed E-state index contributed by atoms with van der Waals surface area (Å²) in [6, 6.07) is 12.2. The summed E-state index contributed by atoms with van der Waals surface area (Å²) in [5.74, 6) is 0.869. The number of fused-ring (bicyclic) bond motifs is 1. The van der Waals surface area contributed by atoms with Crippen molar-refractivity contribution < 1.29 is 14.6 Å². The van der Waals surface area contributed by atoms with Crippen LogP contribution in [-0.2, 0) is 17.6 Å². The number of unbranched alkanes of at least 4 members (excludes halogenated alkanes) is 1. The van der Waals surface area contributed by atoms with Gasteiger partial charge in [-0.1, -0.05) is 11.6 Å². The van der Waals surface area contributed by atoms with E-state index in [1.54, 1.807) is 18.4 Å². The minimum absolute atomic E-state index is 0.228. The molecule has 0 unspecified atom stereocenters. The summed E-state index contributed by atoms with van der Waals surface area (Å²) in [6.45, 7) is 3.02. The van der Waals surface area contributed by atoms with Gasteiger partial charge in [0, 0.05) is 29.4 Å². The molecular weight excluding hydrogens is 480 g/mol. The van der Waals surface area contributed by atoms with E-state index in [0.717, 1.165) is 85.6 Å². The van der Waals surface area contributed by atoms with Gasteiger partial charge in [0.05, 0.1) is 17.0 Å². The molecule has 0 spiro atoms. The smallest absolute Gasteiger partial charge is 0.303 e. The van der Waals surface area contributed by atoms with E-state index < -0.39 is 5.97 Å². The summed E-state index contributed by atoms with van der Waals surface area (Å²) in [4.78, 5) is 19.9. The fourth-order valence-corrected chi connectivity index (χ4v) is 6.53. The molecule has 188 valence electrons. The van der Waals surface area contributed by atoms with Crippen LogP contribution in [0.3, 0.4) is 0 Å². The third-order valence-electron chi connectivity index (χ3n) is 7.25. The van der Waals surface area contributed by atoms with Gasteiger partial charge in [0.2, 0.25) is 0 Å². The Kier molecular flexibility index (Phi) is 9.41. The van der Waals surface area contributed by atoms with Crippen molar-refractivity contribution in [3.63, 3.8) is 0 Å². The molecule has 35 heavy (non-hydrogen) atoms. The van der Waals surface area contributed by atoms with Crippen molar-refractivity contribution in [1.82, 2.24) is 9.88 Å². The van der Waals surface area contributed by atoms with Crippen molar-refractivity contribution in [3.8, 4) is 5.75 Å². The van der Waals surface area contributed by atoms with Crippen LogP contribution in [0.2, 0.25) is 4.34 Å². The van der Waals surface area contributed by atoms with Crippen molar-refractivity contribution in [2.75, 3.05) is 26.7 Å². The third kappa shape index (κ3) is 7.42. The lowest BCUT2D eigenvalue weighted by molar-refractivity contribution is -0.139. The number of aliphatic carboxylic acids is 1. The number of likely N-dealkylation sites (tertiary alicyclic amines) is 1. The van der Waals surface area contributed by atoms with E-state index >= 15 is 0 Å². The van der Waals surface area contributed by atoms with Crippen LogP contribution in [0.4, 0.5) is 0 Å². The van der Waals surface area contributed by atoms with Gasteiger partial charge >= 0.3 is 5.97 Å². The summed E-state index contributed by atoms with van der Waals surface area (Å²) >= 11 is 7.70. The molecular formula is C28H35ClN2O3S. The van der Waals surface area contributed by atoms with Crippen LogP contribution in [0.25, 0.3) is 10.9 Å². The second kappa shape index (κ2) is 12.7. The number of thiophene rings is 1. The first-order valence-corrected chi connectivity index (χ1v) is 13.8. The Morgan fingerprint density at radius 1 is 1.17 bits per heavy atom. The lowest BCUT2D eigenvalue weighted by Crippen LogP contribution is -2.41. The molecule has 2 aromatic heterocycles. The van der Waals surface area contributed by atoms with Crippen LogP contribution in [0.1, 0.15) is 49.0 Å². The van der Waals surface area contributed by atoms with E-state index in [2.05, 4.69) is 28.1 Å². The summed E-state index contributed by atoms with van der Waals surface area (Å²) in [7, 11) is 1.69. The highest BCUT2D eigenvalue weighted by Gasteiger charge is 2.30. The highest BCUT2D eigenvalue weighted by Crippen LogP contribution is 2.32.